The van der Waals surface area contributed by atoms with Gasteiger partial charge in [-0.05, 0) is 36.8 Å². The molecule has 19 heavy (non-hydrogen) atoms. The Morgan fingerprint density at radius 1 is 1.11 bits per heavy atom. The van der Waals surface area contributed by atoms with Crippen molar-refractivity contribution in [3.05, 3.63) is 65.2 Å². The van der Waals surface area contributed by atoms with Crippen LogP contribution >= 0.6 is 11.6 Å². The van der Waals surface area contributed by atoms with Crippen molar-refractivity contribution in [2.75, 3.05) is 11.4 Å². The van der Waals surface area contributed by atoms with Gasteiger partial charge in [0.05, 0.1) is 6.10 Å². The van der Waals surface area contributed by atoms with Gasteiger partial charge in [0.1, 0.15) is 0 Å². The maximum Gasteiger partial charge on any atom is 0.0687 e. The Kier molecular flexibility index (Phi) is 4.83. The van der Waals surface area contributed by atoms with Crippen molar-refractivity contribution in [2.24, 2.45) is 0 Å². The van der Waals surface area contributed by atoms with Crippen molar-refractivity contribution < 1.29 is 5.11 Å². The van der Waals surface area contributed by atoms with Gasteiger partial charge in [-0.3, -0.25) is 0 Å². The number of benzene rings is 2. The van der Waals surface area contributed by atoms with Crippen LogP contribution in [0.2, 0.25) is 5.02 Å². The fourth-order valence-corrected chi connectivity index (χ4v) is 2.29. The summed E-state index contributed by atoms with van der Waals surface area (Å²) in [7, 11) is 0. The third-order valence-electron chi connectivity index (χ3n) is 2.87. The zero-order valence-corrected chi connectivity index (χ0v) is 11.7. The summed E-state index contributed by atoms with van der Waals surface area (Å²) in [4.78, 5) is 2.15. The highest BCUT2D eigenvalue weighted by Gasteiger charge is 2.10. The summed E-state index contributed by atoms with van der Waals surface area (Å²) in [5.74, 6) is 0. The van der Waals surface area contributed by atoms with Crippen LogP contribution in [-0.2, 0) is 6.54 Å². The molecular weight excluding hydrogens is 258 g/mol. The number of aliphatic hydroxyl groups excluding tert-OH is 1. The first-order valence-corrected chi connectivity index (χ1v) is 6.75. The Morgan fingerprint density at radius 2 is 1.84 bits per heavy atom. The monoisotopic (exact) mass is 275 g/mol. The van der Waals surface area contributed by atoms with Gasteiger partial charge >= 0.3 is 0 Å². The highest BCUT2D eigenvalue weighted by Crippen LogP contribution is 2.19. The molecule has 2 rings (SSSR count). The Labute approximate surface area is 119 Å². The van der Waals surface area contributed by atoms with E-state index < -0.39 is 0 Å². The van der Waals surface area contributed by atoms with E-state index in [0.29, 0.717) is 6.54 Å². The van der Waals surface area contributed by atoms with Crippen molar-refractivity contribution in [3.8, 4) is 0 Å². The van der Waals surface area contributed by atoms with Gasteiger partial charge in [-0.15, -0.1) is 0 Å². The van der Waals surface area contributed by atoms with Crippen LogP contribution in [0.25, 0.3) is 0 Å². The molecule has 0 aliphatic rings. The molecule has 0 aliphatic carbocycles. The molecule has 0 aliphatic heterocycles. The lowest BCUT2D eigenvalue weighted by molar-refractivity contribution is 0.199. The molecule has 2 nitrogen and oxygen atoms in total. The maximum atomic E-state index is 9.65. The second kappa shape index (κ2) is 6.60. The fourth-order valence-electron chi connectivity index (χ4n) is 2.07. The molecule has 0 saturated carbocycles. The van der Waals surface area contributed by atoms with Crippen molar-refractivity contribution in [3.63, 3.8) is 0 Å². The summed E-state index contributed by atoms with van der Waals surface area (Å²) in [6.07, 6.45) is -0.376. The van der Waals surface area contributed by atoms with Gasteiger partial charge in [0, 0.05) is 23.8 Å². The number of halogens is 1. The average Bonchev–Trinajstić information content (AvgIpc) is 2.38. The van der Waals surface area contributed by atoms with Crippen molar-refractivity contribution in [1.82, 2.24) is 0 Å². The molecule has 0 radical (unpaired) electrons. The zero-order chi connectivity index (χ0) is 13.7. The lowest BCUT2D eigenvalue weighted by Gasteiger charge is -2.26. The van der Waals surface area contributed by atoms with Crippen molar-refractivity contribution in [2.45, 2.75) is 19.6 Å². The summed E-state index contributed by atoms with van der Waals surface area (Å²) >= 11 is 6.01. The molecule has 3 heteroatoms. The number of hydrogen-bond donors (Lipinski definition) is 1. The molecule has 0 fully saturated rings. The number of aliphatic hydroxyl groups is 1. The van der Waals surface area contributed by atoms with E-state index in [1.54, 1.807) is 6.92 Å². The standard InChI is InChI=1S/C16H18ClNO/c1-13(19)11-18(16-8-3-2-4-9-16)12-14-6-5-7-15(17)10-14/h2-10,13,19H,11-12H2,1H3. The van der Waals surface area contributed by atoms with E-state index in [9.17, 15) is 5.11 Å². The topological polar surface area (TPSA) is 23.5 Å². The molecule has 0 saturated heterocycles. The van der Waals surface area contributed by atoms with Gasteiger partial charge in [-0.2, -0.15) is 0 Å². The molecule has 0 spiro atoms. The summed E-state index contributed by atoms with van der Waals surface area (Å²) in [5, 5.41) is 10.4. The molecule has 2 aromatic rings. The van der Waals surface area contributed by atoms with Gasteiger partial charge in [0.2, 0.25) is 0 Å². The van der Waals surface area contributed by atoms with E-state index in [1.165, 1.54) is 0 Å². The van der Waals surface area contributed by atoms with E-state index in [2.05, 4.69) is 4.90 Å². The first-order valence-electron chi connectivity index (χ1n) is 6.37. The van der Waals surface area contributed by atoms with Crippen molar-refractivity contribution >= 4 is 17.3 Å². The number of hydrogen-bond acceptors (Lipinski definition) is 2. The Balaban J connectivity index is 2.19. The lowest BCUT2D eigenvalue weighted by Crippen LogP contribution is -2.30. The second-order valence-corrected chi connectivity index (χ2v) is 5.13. The van der Waals surface area contributed by atoms with Gasteiger partial charge in [-0.1, -0.05) is 41.9 Å². The van der Waals surface area contributed by atoms with Crippen LogP contribution in [0.1, 0.15) is 12.5 Å². The zero-order valence-electron chi connectivity index (χ0n) is 11.0. The minimum Gasteiger partial charge on any atom is -0.392 e. The van der Waals surface area contributed by atoms with E-state index in [1.807, 2.05) is 54.6 Å². The highest BCUT2D eigenvalue weighted by molar-refractivity contribution is 6.30. The van der Waals surface area contributed by atoms with Crippen LogP contribution in [-0.4, -0.2) is 17.8 Å². The normalized spacial score (nSPS) is 12.2. The maximum absolute atomic E-state index is 9.65. The predicted molar refractivity (Wildman–Crippen MR) is 80.6 cm³/mol. The van der Waals surface area contributed by atoms with E-state index >= 15 is 0 Å². The SMILES string of the molecule is CC(O)CN(Cc1cccc(Cl)c1)c1ccccc1. The first-order chi connectivity index (χ1) is 9.15. The van der Waals surface area contributed by atoms with E-state index in [4.69, 9.17) is 11.6 Å². The largest absolute Gasteiger partial charge is 0.392 e. The Hall–Kier alpha value is -1.51. The van der Waals surface area contributed by atoms with Gasteiger partial charge in [0.25, 0.3) is 0 Å². The summed E-state index contributed by atoms with van der Waals surface area (Å²) < 4.78 is 0. The second-order valence-electron chi connectivity index (χ2n) is 4.70. The third kappa shape index (κ3) is 4.27. The number of nitrogens with zero attached hydrogens (tertiary/aromatic N) is 1. The molecule has 0 amide bonds. The van der Waals surface area contributed by atoms with Gasteiger partial charge in [0.15, 0.2) is 0 Å². The van der Waals surface area contributed by atoms with Crippen LogP contribution in [0.3, 0.4) is 0 Å². The van der Waals surface area contributed by atoms with Crippen LogP contribution in [0, 0.1) is 0 Å². The quantitative estimate of drug-likeness (QED) is 0.899. The highest BCUT2D eigenvalue weighted by atomic mass is 35.5. The number of para-hydroxylation sites is 1. The third-order valence-corrected chi connectivity index (χ3v) is 3.10. The lowest BCUT2D eigenvalue weighted by atomic mass is 10.2. The fraction of sp³-hybridized carbons (Fsp3) is 0.250. The molecule has 0 heterocycles. The van der Waals surface area contributed by atoms with Crippen LogP contribution in [0.15, 0.2) is 54.6 Å². The molecule has 2 aromatic carbocycles. The molecule has 0 bridgehead atoms. The van der Waals surface area contributed by atoms with E-state index in [-0.39, 0.29) is 6.10 Å². The van der Waals surface area contributed by atoms with Crippen LogP contribution < -0.4 is 4.90 Å². The summed E-state index contributed by atoms with van der Waals surface area (Å²) in [6, 6.07) is 17.9. The summed E-state index contributed by atoms with van der Waals surface area (Å²) in [6.45, 7) is 3.12. The minimum atomic E-state index is -0.376. The Morgan fingerprint density at radius 3 is 2.47 bits per heavy atom. The minimum absolute atomic E-state index is 0.376. The van der Waals surface area contributed by atoms with Gasteiger partial charge < -0.3 is 10.0 Å². The Bertz CT molecular complexity index is 513. The molecule has 100 valence electrons. The first kappa shape index (κ1) is 13.9. The van der Waals surface area contributed by atoms with E-state index in [0.717, 1.165) is 22.8 Å². The molecule has 1 unspecified atom stereocenters. The van der Waals surface area contributed by atoms with Crippen LogP contribution in [0.5, 0.6) is 0 Å². The predicted octanol–water partition coefficient (Wildman–Crippen LogP) is 3.73. The van der Waals surface area contributed by atoms with Crippen molar-refractivity contribution in [1.29, 1.82) is 0 Å². The summed E-state index contributed by atoms with van der Waals surface area (Å²) in [5.41, 5.74) is 2.24. The van der Waals surface area contributed by atoms with Crippen LogP contribution in [0.4, 0.5) is 5.69 Å². The smallest absolute Gasteiger partial charge is 0.0687 e. The van der Waals surface area contributed by atoms with Gasteiger partial charge in [-0.25, -0.2) is 0 Å². The number of anilines is 1. The average molecular weight is 276 g/mol. The molecule has 1 N–H and O–H groups in total. The number of rotatable bonds is 5. The molecule has 1 atom stereocenters. The molecule has 0 aromatic heterocycles. The molecular formula is C16H18ClNO.